The first kappa shape index (κ1) is 17.5. The number of ether oxygens (including phenoxy) is 3. The SMILES string of the molecule is COc1cc(NC(=O)Nc2ccc(C)c(C)c2)cc(OC)c1OC. The summed E-state index contributed by atoms with van der Waals surface area (Å²) in [7, 11) is 4.58. The van der Waals surface area contributed by atoms with Crippen LogP contribution in [0.3, 0.4) is 0 Å². The van der Waals surface area contributed by atoms with E-state index in [0.29, 0.717) is 22.9 Å². The molecule has 0 radical (unpaired) electrons. The highest BCUT2D eigenvalue weighted by Crippen LogP contribution is 2.39. The molecular weight excluding hydrogens is 308 g/mol. The molecule has 0 fully saturated rings. The molecule has 0 aliphatic rings. The van der Waals surface area contributed by atoms with Crippen molar-refractivity contribution in [3.63, 3.8) is 0 Å². The fraction of sp³-hybridized carbons (Fsp3) is 0.278. The molecule has 2 aromatic rings. The summed E-state index contributed by atoms with van der Waals surface area (Å²) in [5.74, 6) is 1.41. The van der Waals surface area contributed by atoms with E-state index in [0.717, 1.165) is 11.3 Å². The Morgan fingerprint density at radius 1 is 0.792 bits per heavy atom. The molecule has 128 valence electrons. The topological polar surface area (TPSA) is 68.8 Å². The number of aryl methyl sites for hydroxylation is 2. The van der Waals surface area contributed by atoms with E-state index in [9.17, 15) is 4.79 Å². The van der Waals surface area contributed by atoms with Crippen molar-refractivity contribution in [3.05, 3.63) is 41.5 Å². The molecule has 0 aliphatic heterocycles. The lowest BCUT2D eigenvalue weighted by atomic mass is 10.1. The molecule has 0 bridgehead atoms. The van der Waals surface area contributed by atoms with Crippen molar-refractivity contribution in [2.75, 3.05) is 32.0 Å². The van der Waals surface area contributed by atoms with Gasteiger partial charge in [0.15, 0.2) is 11.5 Å². The third-order valence-electron chi connectivity index (χ3n) is 3.69. The van der Waals surface area contributed by atoms with Crippen LogP contribution in [0.15, 0.2) is 30.3 Å². The molecule has 6 heteroatoms. The minimum absolute atomic E-state index is 0.354. The maximum Gasteiger partial charge on any atom is 0.323 e. The van der Waals surface area contributed by atoms with Crippen molar-refractivity contribution in [3.8, 4) is 17.2 Å². The highest BCUT2D eigenvalue weighted by Gasteiger charge is 2.14. The van der Waals surface area contributed by atoms with Crippen molar-refractivity contribution < 1.29 is 19.0 Å². The van der Waals surface area contributed by atoms with E-state index in [1.165, 1.54) is 26.9 Å². The highest BCUT2D eigenvalue weighted by molar-refractivity contribution is 6.00. The van der Waals surface area contributed by atoms with E-state index >= 15 is 0 Å². The zero-order chi connectivity index (χ0) is 17.7. The number of benzene rings is 2. The van der Waals surface area contributed by atoms with Crippen LogP contribution in [-0.4, -0.2) is 27.4 Å². The second-order valence-electron chi connectivity index (χ2n) is 5.29. The van der Waals surface area contributed by atoms with Crippen LogP contribution in [0.5, 0.6) is 17.2 Å². The summed E-state index contributed by atoms with van der Waals surface area (Å²) in [5, 5.41) is 5.56. The molecule has 0 aromatic heterocycles. The van der Waals surface area contributed by atoms with Crippen LogP contribution in [0.1, 0.15) is 11.1 Å². The second-order valence-corrected chi connectivity index (χ2v) is 5.29. The zero-order valence-electron chi connectivity index (χ0n) is 14.5. The van der Waals surface area contributed by atoms with Crippen molar-refractivity contribution in [2.24, 2.45) is 0 Å². The molecule has 0 heterocycles. The number of urea groups is 1. The van der Waals surface area contributed by atoms with Gasteiger partial charge in [0.05, 0.1) is 27.0 Å². The molecule has 0 aliphatic carbocycles. The van der Waals surface area contributed by atoms with E-state index in [-0.39, 0.29) is 6.03 Å². The monoisotopic (exact) mass is 330 g/mol. The lowest BCUT2D eigenvalue weighted by molar-refractivity contribution is 0.262. The van der Waals surface area contributed by atoms with E-state index in [1.54, 1.807) is 12.1 Å². The summed E-state index contributed by atoms with van der Waals surface area (Å²) in [6, 6.07) is 8.72. The van der Waals surface area contributed by atoms with Gasteiger partial charge in [-0.15, -0.1) is 0 Å². The number of hydrogen-bond donors (Lipinski definition) is 2. The lowest BCUT2D eigenvalue weighted by Crippen LogP contribution is -2.19. The van der Waals surface area contributed by atoms with Gasteiger partial charge in [0.25, 0.3) is 0 Å². The molecule has 0 spiro atoms. The normalized spacial score (nSPS) is 10.0. The van der Waals surface area contributed by atoms with Gasteiger partial charge in [-0.25, -0.2) is 4.79 Å². The Labute approximate surface area is 141 Å². The van der Waals surface area contributed by atoms with Crippen molar-refractivity contribution in [1.29, 1.82) is 0 Å². The minimum atomic E-state index is -0.354. The highest BCUT2D eigenvalue weighted by atomic mass is 16.5. The van der Waals surface area contributed by atoms with Gasteiger partial charge in [0, 0.05) is 17.8 Å². The molecule has 0 atom stereocenters. The molecule has 0 unspecified atom stereocenters. The van der Waals surface area contributed by atoms with Gasteiger partial charge in [0.2, 0.25) is 5.75 Å². The van der Waals surface area contributed by atoms with Gasteiger partial charge in [-0.1, -0.05) is 6.07 Å². The second kappa shape index (κ2) is 7.59. The first-order valence-corrected chi connectivity index (χ1v) is 7.43. The van der Waals surface area contributed by atoms with E-state index in [4.69, 9.17) is 14.2 Å². The quantitative estimate of drug-likeness (QED) is 0.870. The molecular formula is C18H22N2O4. The first-order valence-electron chi connectivity index (χ1n) is 7.43. The van der Waals surface area contributed by atoms with Crippen molar-refractivity contribution in [1.82, 2.24) is 0 Å². The third kappa shape index (κ3) is 3.90. The molecule has 2 N–H and O–H groups in total. The van der Waals surface area contributed by atoms with Crippen LogP contribution in [0, 0.1) is 13.8 Å². The molecule has 0 saturated carbocycles. The Bertz CT molecular complexity index is 719. The fourth-order valence-electron chi connectivity index (χ4n) is 2.27. The summed E-state index contributed by atoms with van der Waals surface area (Å²) in [4.78, 5) is 12.2. The van der Waals surface area contributed by atoms with Crippen molar-refractivity contribution in [2.45, 2.75) is 13.8 Å². The summed E-state index contributed by atoms with van der Waals surface area (Å²) >= 11 is 0. The maximum absolute atomic E-state index is 12.2. The van der Waals surface area contributed by atoms with Gasteiger partial charge in [-0.2, -0.15) is 0 Å². The average Bonchev–Trinajstić information content (AvgIpc) is 2.57. The van der Waals surface area contributed by atoms with Crippen LogP contribution < -0.4 is 24.8 Å². The van der Waals surface area contributed by atoms with E-state index in [1.807, 2.05) is 32.0 Å². The first-order chi connectivity index (χ1) is 11.5. The van der Waals surface area contributed by atoms with Gasteiger partial charge >= 0.3 is 6.03 Å². The van der Waals surface area contributed by atoms with Crippen LogP contribution in [0.25, 0.3) is 0 Å². The number of hydrogen-bond acceptors (Lipinski definition) is 4. The Balaban J connectivity index is 2.17. The predicted octanol–water partition coefficient (Wildman–Crippen LogP) is 3.97. The van der Waals surface area contributed by atoms with Crippen molar-refractivity contribution >= 4 is 17.4 Å². The van der Waals surface area contributed by atoms with Crippen LogP contribution in [-0.2, 0) is 0 Å². The summed E-state index contributed by atoms with van der Waals surface area (Å²) in [6.07, 6.45) is 0. The average molecular weight is 330 g/mol. The Hall–Kier alpha value is -2.89. The number of anilines is 2. The third-order valence-corrected chi connectivity index (χ3v) is 3.69. The smallest absolute Gasteiger partial charge is 0.323 e. The summed E-state index contributed by atoms with van der Waals surface area (Å²) < 4.78 is 15.8. The molecule has 24 heavy (non-hydrogen) atoms. The summed E-state index contributed by atoms with van der Waals surface area (Å²) in [6.45, 7) is 4.02. The molecule has 0 saturated heterocycles. The Morgan fingerprint density at radius 3 is 1.88 bits per heavy atom. The minimum Gasteiger partial charge on any atom is -0.493 e. The zero-order valence-corrected chi connectivity index (χ0v) is 14.5. The van der Waals surface area contributed by atoms with Gasteiger partial charge < -0.3 is 24.8 Å². The Morgan fingerprint density at radius 2 is 1.38 bits per heavy atom. The predicted molar refractivity (Wildman–Crippen MR) is 94.7 cm³/mol. The van der Waals surface area contributed by atoms with E-state index < -0.39 is 0 Å². The van der Waals surface area contributed by atoms with Gasteiger partial charge in [0.1, 0.15) is 0 Å². The number of methoxy groups -OCH3 is 3. The van der Waals surface area contributed by atoms with Crippen LogP contribution in [0.4, 0.5) is 16.2 Å². The fourth-order valence-corrected chi connectivity index (χ4v) is 2.27. The number of amides is 2. The molecule has 6 nitrogen and oxygen atoms in total. The number of carbonyl (C=O) groups excluding carboxylic acids is 1. The number of nitrogens with one attached hydrogen (secondary N) is 2. The lowest BCUT2D eigenvalue weighted by Gasteiger charge is -2.15. The number of rotatable bonds is 5. The molecule has 2 aromatic carbocycles. The van der Waals surface area contributed by atoms with Gasteiger partial charge in [-0.3, -0.25) is 0 Å². The summed E-state index contributed by atoms with van der Waals surface area (Å²) in [5.41, 5.74) is 3.54. The van der Waals surface area contributed by atoms with E-state index in [2.05, 4.69) is 10.6 Å². The standard InChI is InChI=1S/C18H22N2O4/c1-11-6-7-13(8-12(11)2)19-18(21)20-14-9-15(22-3)17(24-5)16(10-14)23-4/h6-10H,1-5H3,(H2,19,20,21). The van der Waals surface area contributed by atoms with Crippen LogP contribution >= 0.6 is 0 Å². The largest absolute Gasteiger partial charge is 0.493 e. The molecule has 2 rings (SSSR count). The van der Waals surface area contributed by atoms with Gasteiger partial charge in [-0.05, 0) is 37.1 Å². The Kier molecular flexibility index (Phi) is 5.52. The maximum atomic E-state index is 12.2. The van der Waals surface area contributed by atoms with Crippen LogP contribution in [0.2, 0.25) is 0 Å². The molecule has 2 amide bonds. The number of carbonyl (C=O) groups is 1.